The van der Waals surface area contributed by atoms with Crippen LogP contribution >= 0.6 is 15.9 Å². The molecule has 0 aliphatic rings. The van der Waals surface area contributed by atoms with Gasteiger partial charge in [-0.1, -0.05) is 41.9 Å². The Balaban J connectivity index is 1.63. The molecule has 0 saturated heterocycles. The molecular formula is C27H27BrN2O5. The van der Waals surface area contributed by atoms with Crippen LogP contribution in [-0.4, -0.2) is 31.8 Å². The number of benzene rings is 3. The summed E-state index contributed by atoms with van der Waals surface area (Å²) in [5.41, 5.74) is 5.40. The number of hydrogen-bond donors (Lipinski definition) is 1. The monoisotopic (exact) mass is 538 g/mol. The van der Waals surface area contributed by atoms with E-state index in [1.165, 1.54) is 6.21 Å². The van der Waals surface area contributed by atoms with Crippen molar-refractivity contribution in [3.8, 4) is 17.2 Å². The quantitative estimate of drug-likeness (QED) is 0.165. The number of rotatable bonds is 9. The number of nitrogens with one attached hydrogen (secondary N) is 1. The van der Waals surface area contributed by atoms with E-state index in [2.05, 4.69) is 40.3 Å². The van der Waals surface area contributed by atoms with Gasteiger partial charge in [-0.2, -0.15) is 5.10 Å². The summed E-state index contributed by atoms with van der Waals surface area (Å²) >= 11 is 3.40. The van der Waals surface area contributed by atoms with Crippen LogP contribution in [0.15, 0.2) is 70.2 Å². The van der Waals surface area contributed by atoms with Gasteiger partial charge in [-0.15, -0.1) is 0 Å². The van der Waals surface area contributed by atoms with Crippen LogP contribution in [0.3, 0.4) is 0 Å². The van der Waals surface area contributed by atoms with Crippen LogP contribution in [-0.2, 0) is 4.79 Å². The van der Waals surface area contributed by atoms with Crippen LogP contribution in [0.2, 0.25) is 0 Å². The largest absolute Gasteiger partial charge is 0.497 e. The molecule has 0 fully saturated rings. The highest BCUT2D eigenvalue weighted by Crippen LogP contribution is 2.27. The Morgan fingerprint density at radius 2 is 1.77 bits per heavy atom. The lowest BCUT2D eigenvalue weighted by Crippen LogP contribution is -2.25. The lowest BCUT2D eigenvalue weighted by Gasteiger charge is -2.14. The van der Waals surface area contributed by atoms with Crippen LogP contribution in [0, 0.1) is 6.92 Å². The molecule has 0 bridgehead atoms. The maximum absolute atomic E-state index is 12.5. The lowest BCUT2D eigenvalue weighted by molar-refractivity contribution is -0.123. The number of hydrogen-bond acceptors (Lipinski definition) is 6. The van der Waals surface area contributed by atoms with Crippen molar-refractivity contribution in [2.24, 2.45) is 5.10 Å². The van der Waals surface area contributed by atoms with Crippen LogP contribution in [0.25, 0.3) is 0 Å². The third-order valence-electron chi connectivity index (χ3n) is 5.04. The second-order valence-electron chi connectivity index (χ2n) is 8.08. The Kier molecular flexibility index (Phi) is 9.03. The highest BCUT2D eigenvalue weighted by atomic mass is 79.9. The summed E-state index contributed by atoms with van der Waals surface area (Å²) < 4.78 is 17.1. The summed E-state index contributed by atoms with van der Waals surface area (Å²) in [4.78, 5) is 24.8. The first-order chi connectivity index (χ1) is 16.8. The van der Waals surface area contributed by atoms with Gasteiger partial charge in [0.25, 0.3) is 5.91 Å². The Hall–Kier alpha value is -3.65. The van der Waals surface area contributed by atoms with Crippen LogP contribution in [0.5, 0.6) is 17.2 Å². The van der Waals surface area contributed by atoms with Crippen molar-refractivity contribution >= 4 is 34.0 Å². The topological polar surface area (TPSA) is 86.2 Å². The molecule has 1 amide bonds. The summed E-state index contributed by atoms with van der Waals surface area (Å²) in [5, 5.41) is 4.00. The van der Waals surface area contributed by atoms with Crippen LogP contribution in [0.1, 0.15) is 46.8 Å². The Labute approximate surface area is 213 Å². The minimum absolute atomic E-state index is 0.182. The Bertz CT molecular complexity index is 1220. The maximum Gasteiger partial charge on any atom is 0.343 e. The molecule has 1 N–H and O–H groups in total. The fourth-order valence-corrected chi connectivity index (χ4v) is 3.57. The van der Waals surface area contributed by atoms with Crippen molar-refractivity contribution < 1.29 is 23.8 Å². The first kappa shape index (κ1) is 26.0. The maximum atomic E-state index is 12.5. The predicted molar refractivity (Wildman–Crippen MR) is 139 cm³/mol. The van der Waals surface area contributed by atoms with E-state index < -0.39 is 11.9 Å². The van der Waals surface area contributed by atoms with Gasteiger partial charge in [0.05, 0.1) is 18.9 Å². The highest BCUT2D eigenvalue weighted by Gasteiger charge is 2.13. The molecule has 182 valence electrons. The molecule has 0 atom stereocenters. The number of esters is 1. The molecule has 3 aromatic carbocycles. The number of carbonyl (C=O) groups excluding carboxylic acids is 2. The molecule has 3 aromatic rings. The first-order valence-electron chi connectivity index (χ1n) is 11.0. The van der Waals surface area contributed by atoms with Crippen molar-refractivity contribution in [3.63, 3.8) is 0 Å². The molecule has 8 heteroatoms. The standard InChI is InChI=1S/C27H27BrN2O5/c1-17(2)23-11-5-18(3)13-25(23)34-16-26(31)30-29-15-20-14-21(28)8-12-24(20)35-27(32)19-6-9-22(33-4)10-7-19/h5-15,17H,16H2,1-4H3,(H,30,31). The number of halogens is 1. The van der Waals surface area contributed by atoms with Gasteiger partial charge in [-0.25, -0.2) is 10.2 Å². The molecule has 35 heavy (non-hydrogen) atoms. The Morgan fingerprint density at radius 1 is 1.03 bits per heavy atom. The van der Waals surface area contributed by atoms with Gasteiger partial charge in [-0.05, 0) is 72.5 Å². The number of amides is 1. The average Bonchev–Trinajstić information content (AvgIpc) is 2.84. The van der Waals surface area contributed by atoms with E-state index in [4.69, 9.17) is 14.2 Å². The molecular weight excluding hydrogens is 512 g/mol. The van der Waals surface area contributed by atoms with E-state index >= 15 is 0 Å². The number of methoxy groups -OCH3 is 1. The fraction of sp³-hybridized carbons (Fsp3) is 0.222. The second kappa shape index (κ2) is 12.2. The number of aryl methyl sites for hydroxylation is 1. The van der Waals surface area contributed by atoms with Crippen molar-refractivity contribution in [2.75, 3.05) is 13.7 Å². The minimum atomic E-state index is -0.527. The van der Waals surface area contributed by atoms with Crippen LogP contribution in [0.4, 0.5) is 0 Å². The molecule has 0 unspecified atom stereocenters. The van der Waals surface area contributed by atoms with E-state index in [0.717, 1.165) is 15.6 Å². The summed E-state index contributed by atoms with van der Waals surface area (Å²) in [7, 11) is 1.55. The number of hydrazone groups is 1. The van der Waals surface area contributed by atoms with Crippen molar-refractivity contribution in [1.29, 1.82) is 0 Å². The molecule has 0 aliphatic carbocycles. The number of nitrogens with zero attached hydrogens (tertiary/aromatic N) is 1. The average molecular weight is 539 g/mol. The van der Waals surface area contributed by atoms with Crippen molar-refractivity contribution in [2.45, 2.75) is 26.7 Å². The molecule has 0 spiro atoms. The van der Waals surface area contributed by atoms with Gasteiger partial charge >= 0.3 is 5.97 Å². The van der Waals surface area contributed by atoms with E-state index in [1.807, 2.05) is 25.1 Å². The summed E-state index contributed by atoms with van der Waals surface area (Å²) in [6, 6.07) is 17.6. The fourth-order valence-electron chi connectivity index (χ4n) is 3.19. The normalized spacial score (nSPS) is 10.9. The summed E-state index contributed by atoms with van der Waals surface area (Å²) in [6.07, 6.45) is 1.41. The molecule has 0 radical (unpaired) electrons. The van der Waals surface area contributed by atoms with Gasteiger partial charge in [0, 0.05) is 10.0 Å². The zero-order valence-corrected chi connectivity index (χ0v) is 21.6. The van der Waals surface area contributed by atoms with Gasteiger partial charge in [-0.3, -0.25) is 4.79 Å². The third kappa shape index (κ3) is 7.42. The minimum Gasteiger partial charge on any atom is -0.497 e. The summed E-state index contributed by atoms with van der Waals surface area (Å²) in [5.74, 6) is 0.941. The molecule has 7 nitrogen and oxygen atoms in total. The second-order valence-corrected chi connectivity index (χ2v) is 8.99. The molecule has 0 aliphatic heterocycles. The Morgan fingerprint density at radius 3 is 2.46 bits per heavy atom. The van der Waals surface area contributed by atoms with Crippen molar-refractivity contribution in [3.05, 3.63) is 87.4 Å². The number of carbonyl (C=O) groups is 2. The molecule has 3 rings (SSSR count). The predicted octanol–water partition coefficient (Wildman–Crippen LogP) is 5.64. The molecule has 0 saturated carbocycles. The van der Waals surface area contributed by atoms with Gasteiger partial charge < -0.3 is 14.2 Å². The van der Waals surface area contributed by atoms with E-state index in [-0.39, 0.29) is 12.5 Å². The SMILES string of the molecule is COc1ccc(C(=O)Oc2ccc(Br)cc2C=NNC(=O)COc2cc(C)ccc2C(C)C)cc1. The lowest BCUT2D eigenvalue weighted by atomic mass is 10.0. The van der Waals surface area contributed by atoms with E-state index in [0.29, 0.717) is 28.4 Å². The summed E-state index contributed by atoms with van der Waals surface area (Å²) in [6.45, 7) is 5.93. The first-order valence-corrected chi connectivity index (χ1v) is 11.8. The zero-order chi connectivity index (χ0) is 25.4. The molecule has 0 aromatic heterocycles. The van der Waals surface area contributed by atoms with E-state index in [1.54, 1.807) is 49.6 Å². The highest BCUT2D eigenvalue weighted by molar-refractivity contribution is 9.10. The molecule has 0 heterocycles. The van der Waals surface area contributed by atoms with Gasteiger partial charge in [0.15, 0.2) is 6.61 Å². The van der Waals surface area contributed by atoms with Gasteiger partial charge in [0.1, 0.15) is 17.2 Å². The smallest absolute Gasteiger partial charge is 0.343 e. The zero-order valence-electron chi connectivity index (χ0n) is 20.0. The van der Waals surface area contributed by atoms with Crippen LogP contribution < -0.4 is 19.6 Å². The van der Waals surface area contributed by atoms with Gasteiger partial charge in [0.2, 0.25) is 0 Å². The third-order valence-corrected chi connectivity index (χ3v) is 5.54. The van der Waals surface area contributed by atoms with E-state index in [9.17, 15) is 9.59 Å². The number of ether oxygens (including phenoxy) is 3. The van der Waals surface area contributed by atoms with Crippen molar-refractivity contribution in [1.82, 2.24) is 5.43 Å².